The second-order valence-electron chi connectivity index (χ2n) is 4.17. The molecule has 0 radical (unpaired) electrons. The summed E-state index contributed by atoms with van der Waals surface area (Å²) in [5, 5.41) is 19.8. The molecule has 2 unspecified atom stereocenters. The van der Waals surface area contributed by atoms with Gasteiger partial charge in [-0.1, -0.05) is 37.3 Å². The average Bonchev–Trinajstić information content (AvgIpc) is 2.27. The fourth-order valence-electron chi connectivity index (χ4n) is 1.57. The molecule has 0 spiro atoms. The van der Waals surface area contributed by atoms with E-state index in [1.165, 1.54) is 0 Å². The lowest BCUT2D eigenvalue weighted by Gasteiger charge is -2.26. The number of benzene rings is 1. The van der Waals surface area contributed by atoms with Crippen molar-refractivity contribution in [2.45, 2.75) is 38.6 Å². The third-order valence-electron chi connectivity index (χ3n) is 2.48. The van der Waals surface area contributed by atoms with Crippen LogP contribution < -0.4 is 0 Å². The van der Waals surface area contributed by atoms with Crippen LogP contribution in [0, 0.1) is 0 Å². The molecule has 0 aliphatic heterocycles. The standard InChI is InChI=1S/C13H20O3/c1-3-9-16-12(14)10-13(2,15)11-7-5-4-6-8-11/h4-8,12,14-15H,3,9-10H2,1-2H3. The van der Waals surface area contributed by atoms with Gasteiger partial charge in [-0.05, 0) is 18.9 Å². The first-order chi connectivity index (χ1) is 7.56. The number of hydrogen-bond acceptors (Lipinski definition) is 3. The predicted octanol–water partition coefficient (Wildman–Crippen LogP) is 2.03. The fraction of sp³-hybridized carbons (Fsp3) is 0.538. The van der Waals surface area contributed by atoms with Crippen molar-refractivity contribution < 1.29 is 14.9 Å². The Labute approximate surface area is 96.7 Å². The van der Waals surface area contributed by atoms with Crippen LogP contribution >= 0.6 is 0 Å². The summed E-state index contributed by atoms with van der Waals surface area (Å²) < 4.78 is 5.14. The van der Waals surface area contributed by atoms with Crippen LogP contribution in [0.2, 0.25) is 0 Å². The SMILES string of the molecule is CCCOC(O)CC(C)(O)c1ccccc1. The molecule has 3 nitrogen and oxygen atoms in total. The summed E-state index contributed by atoms with van der Waals surface area (Å²) in [5.74, 6) is 0. The van der Waals surface area contributed by atoms with Gasteiger partial charge in [0.05, 0.1) is 5.60 Å². The van der Waals surface area contributed by atoms with Gasteiger partial charge in [-0.2, -0.15) is 0 Å². The van der Waals surface area contributed by atoms with Crippen LogP contribution in [0.25, 0.3) is 0 Å². The molecular weight excluding hydrogens is 204 g/mol. The van der Waals surface area contributed by atoms with Gasteiger partial charge in [0.15, 0.2) is 6.29 Å². The van der Waals surface area contributed by atoms with Gasteiger partial charge in [-0.25, -0.2) is 0 Å². The quantitative estimate of drug-likeness (QED) is 0.727. The minimum absolute atomic E-state index is 0.178. The van der Waals surface area contributed by atoms with E-state index in [2.05, 4.69) is 0 Å². The van der Waals surface area contributed by atoms with Crippen LogP contribution in [0.3, 0.4) is 0 Å². The van der Waals surface area contributed by atoms with Crippen LogP contribution in [0.4, 0.5) is 0 Å². The van der Waals surface area contributed by atoms with Crippen molar-refractivity contribution in [2.24, 2.45) is 0 Å². The highest BCUT2D eigenvalue weighted by Crippen LogP contribution is 2.25. The van der Waals surface area contributed by atoms with Gasteiger partial charge < -0.3 is 14.9 Å². The highest BCUT2D eigenvalue weighted by atomic mass is 16.6. The smallest absolute Gasteiger partial charge is 0.157 e. The molecule has 1 rings (SSSR count). The van der Waals surface area contributed by atoms with Gasteiger partial charge in [-0.15, -0.1) is 0 Å². The summed E-state index contributed by atoms with van der Waals surface area (Å²) in [6.07, 6.45) is 0.108. The van der Waals surface area contributed by atoms with Gasteiger partial charge in [0, 0.05) is 13.0 Å². The van der Waals surface area contributed by atoms with E-state index in [-0.39, 0.29) is 6.42 Å². The third kappa shape index (κ3) is 3.93. The summed E-state index contributed by atoms with van der Waals surface area (Å²) >= 11 is 0. The van der Waals surface area contributed by atoms with Crippen molar-refractivity contribution in [2.75, 3.05) is 6.61 Å². The molecule has 0 heterocycles. The van der Waals surface area contributed by atoms with E-state index in [0.717, 1.165) is 12.0 Å². The molecule has 2 atom stereocenters. The summed E-state index contributed by atoms with van der Waals surface area (Å²) in [7, 11) is 0. The maximum atomic E-state index is 10.2. The summed E-state index contributed by atoms with van der Waals surface area (Å²) in [6, 6.07) is 9.30. The first-order valence-electron chi connectivity index (χ1n) is 5.64. The Kier molecular flexibility index (Phi) is 4.93. The molecule has 0 fully saturated rings. The van der Waals surface area contributed by atoms with Crippen molar-refractivity contribution in [3.8, 4) is 0 Å². The molecule has 3 heteroatoms. The first-order valence-corrected chi connectivity index (χ1v) is 5.64. The largest absolute Gasteiger partial charge is 0.385 e. The summed E-state index contributed by atoms with van der Waals surface area (Å²) in [6.45, 7) is 4.16. The number of ether oxygens (including phenoxy) is 1. The van der Waals surface area contributed by atoms with Gasteiger partial charge in [0.2, 0.25) is 0 Å². The Morgan fingerprint density at radius 2 is 1.94 bits per heavy atom. The van der Waals surface area contributed by atoms with E-state index in [1.807, 2.05) is 37.3 Å². The van der Waals surface area contributed by atoms with E-state index in [4.69, 9.17) is 4.74 Å². The zero-order valence-corrected chi connectivity index (χ0v) is 9.89. The zero-order chi connectivity index (χ0) is 12.0. The molecular formula is C13H20O3. The minimum atomic E-state index is -1.06. The lowest BCUT2D eigenvalue weighted by molar-refractivity contribution is -0.139. The van der Waals surface area contributed by atoms with Crippen molar-refractivity contribution >= 4 is 0 Å². The highest BCUT2D eigenvalue weighted by molar-refractivity contribution is 5.21. The molecule has 0 aromatic heterocycles. The molecule has 0 aliphatic rings. The fourth-order valence-corrected chi connectivity index (χ4v) is 1.57. The second-order valence-corrected chi connectivity index (χ2v) is 4.17. The van der Waals surface area contributed by atoms with Gasteiger partial charge in [0.25, 0.3) is 0 Å². The summed E-state index contributed by atoms with van der Waals surface area (Å²) in [5.41, 5.74) is -0.275. The molecule has 16 heavy (non-hydrogen) atoms. The molecule has 0 bridgehead atoms. The van der Waals surface area contributed by atoms with Crippen LogP contribution in [0.1, 0.15) is 32.3 Å². The first kappa shape index (κ1) is 13.2. The van der Waals surface area contributed by atoms with Crippen LogP contribution in [0.15, 0.2) is 30.3 Å². The lowest BCUT2D eigenvalue weighted by atomic mass is 9.92. The van der Waals surface area contributed by atoms with Crippen molar-refractivity contribution in [1.82, 2.24) is 0 Å². The molecule has 0 saturated carbocycles. The lowest BCUT2D eigenvalue weighted by Crippen LogP contribution is -2.29. The number of aliphatic hydroxyl groups excluding tert-OH is 1. The highest BCUT2D eigenvalue weighted by Gasteiger charge is 2.26. The molecule has 0 saturated heterocycles. The topological polar surface area (TPSA) is 49.7 Å². The second kappa shape index (κ2) is 5.99. The minimum Gasteiger partial charge on any atom is -0.385 e. The van der Waals surface area contributed by atoms with Crippen LogP contribution in [-0.4, -0.2) is 23.1 Å². The maximum absolute atomic E-state index is 10.2. The number of hydrogen-bond donors (Lipinski definition) is 2. The van der Waals surface area contributed by atoms with Crippen molar-refractivity contribution in [1.29, 1.82) is 0 Å². The summed E-state index contributed by atoms with van der Waals surface area (Å²) in [4.78, 5) is 0. The van der Waals surface area contributed by atoms with Gasteiger partial charge in [-0.3, -0.25) is 0 Å². The molecule has 1 aromatic carbocycles. The van der Waals surface area contributed by atoms with E-state index in [1.54, 1.807) is 6.92 Å². The van der Waals surface area contributed by atoms with Crippen molar-refractivity contribution in [3.63, 3.8) is 0 Å². The normalized spacial score (nSPS) is 16.8. The zero-order valence-electron chi connectivity index (χ0n) is 9.89. The number of aliphatic hydroxyl groups is 2. The molecule has 1 aromatic rings. The van der Waals surface area contributed by atoms with Crippen LogP contribution in [-0.2, 0) is 10.3 Å². The van der Waals surface area contributed by atoms with E-state index >= 15 is 0 Å². The Hall–Kier alpha value is -0.900. The third-order valence-corrected chi connectivity index (χ3v) is 2.48. The molecule has 0 aliphatic carbocycles. The van der Waals surface area contributed by atoms with E-state index < -0.39 is 11.9 Å². The predicted molar refractivity (Wildman–Crippen MR) is 62.9 cm³/mol. The van der Waals surface area contributed by atoms with Gasteiger partial charge in [0.1, 0.15) is 0 Å². The molecule has 2 N–H and O–H groups in total. The monoisotopic (exact) mass is 224 g/mol. The Balaban J connectivity index is 2.58. The van der Waals surface area contributed by atoms with Crippen LogP contribution in [0.5, 0.6) is 0 Å². The Morgan fingerprint density at radius 3 is 2.50 bits per heavy atom. The Bertz CT molecular complexity index is 295. The van der Waals surface area contributed by atoms with E-state index in [9.17, 15) is 10.2 Å². The number of rotatable bonds is 6. The van der Waals surface area contributed by atoms with Crippen molar-refractivity contribution in [3.05, 3.63) is 35.9 Å². The molecule has 90 valence electrons. The molecule has 0 amide bonds. The Morgan fingerprint density at radius 1 is 1.31 bits per heavy atom. The maximum Gasteiger partial charge on any atom is 0.157 e. The van der Waals surface area contributed by atoms with Gasteiger partial charge >= 0.3 is 0 Å². The van der Waals surface area contributed by atoms with E-state index in [0.29, 0.717) is 6.61 Å². The average molecular weight is 224 g/mol.